The Morgan fingerprint density at radius 3 is 1.73 bits per heavy atom. The molecular weight excluding hydrogens is 296 g/mol. The van der Waals surface area contributed by atoms with Crippen LogP contribution in [0.15, 0.2) is 23.8 Å². The van der Waals surface area contributed by atoms with E-state index in [-0.39, 0.29) is 23.5 Å². The van der Waals surface area contributed by atoms with Crippen LogP contribution in [0.2, 0.25) is 0 Å². The summed E-state index contributed by atoms with van der Waals surface area (Å²) >= 11 is 0. The minimum atomic E-state index is -1.27. The molecule has 0 aromatic carbocycles. The third kappa shape index (κ3) is 12.4. The summed E-state index contributed by atoms with van der Waals surface area (Å²) in [6.07, 6.45) is 0.806. The van der Waals surface area contributed by atoms with E-state index in [1.54, 1.807) is 6.08 Å². The molecule has 0 unspecified atom stereocenters. The summed E-state index contributed by atoms with van der Waals surface area (Å²) in [5.41, 5.74) is -0.104. The largest absolute Gasteiger partial charge is 0.481 e. The number of carbonyl (C=O) groups is 4. The minimum Gasteiger partial charge on any atom is -0.481 e. The molecule has 124 valence electrons. The Balaban J connectivity index is 0. The van der Waals surface area contributed by atoms with Gasteiger partial charge in [0.05, 0.1) is 20.0 Å². The maximum atomic E-state index is 11.0. The van der Waals surface area contributed by atoms with Crippen LogP contribution in [-0.4, -0.2) is 46.3 Å². The number of rotatable bonds is 7. The first-order chi connectivity index (χ1) is 10.0. The van der Waals surface area contributed by atoms with Crippen LogP contribution < -0.4 is 0 Å². The number of carboxylic acid groups (broad SMARTS) is 3. The Hall–Kier alpha value is -2.64. The van der Waals surface area contributed by atoms with Crippen LogP contribution in [0.25, 0.3) is 0 Å². The highest BCUT2D eigenvalue weighted by Gasteiger charge is 2.13. The summed E-state index contributed by atoms with van der Waals surface area (Å²) < 4.78 is 4.44. The summed E-state index contributed by atoms with van der Waals surface area (Å²) in [5.74, 6) is -3.92. The standard InChI is InChI=1S/C9H14O4.C5H6O4/c1-6(2)4-7(5-8(10)11)9(12)13-3;1-3(5(8)9)2-4(6)7/h4,6H,5H2,1-3H3,(H,10,11);1-2H2,(H,6,7)(H,8,9). The van der Waals surface area contributed by atoms with Gasteiger partial charge in [0.15, 0.2) is 0 Å². The molecule has 0 atom stereocenters. The lowest BCUT2D eigenvalue weighted by Gasteiger charge is -2.03. The topological polar surface area (TPSA) is 138 Å². The first kappa shape index (κ1) is 21.7. The van der Waals surface area contributed by atoms with E-state index in [9.17, 15) is 19.2 Å². The monoisotopic (exact) mass is 316 g/mol. The molecule has 0 aliphatic heterocycles. The molecule has 0 aromatic heterocycles. The normalized spacial score (nSPS) is 10.3. The number of allylic oxidation sites excluding steroid dienone is 1. The van der Waals surface area contributed by atoms with Crippen LogP contribution >= 0.6 is 0 Å². The number of esters is 1. The van der Waals surface area contributed by atoms with Crippen molar-refractivity contribution in [1.82, 2.24) is 0 Å². The van der Waals surface area contributed by atoms with Gasteiger partial charge in [0.25, 0.3) is 0 Å². The van der Waals surface area contributed by atoms with Gasteiger partial charge in [0, 0.05) is 11.1 Å². The number of ether oxygens (including phenoxy) is 1. The minimum absolute atomic E-state index is 0.133. The second kappa shape index (κ2) is 11.1. The van der Waals surface area contributed by atoms with Crippen molar-refractivity contribution in [2.75, 3.05) is 7.11 Å². The van der Waals surface area contributed by atoms with Gasteiger partial charge in [-0.05, 0) is 5.92 Å². The zero-order valence-electron chi connectivity index (χ0n) is 12.7. The van der Waals surface area contributed by atoms with Crippen LogP contribution in [-0.2, 0) is 23.9 Å². The second-order valence-corrected chi connectivity index (χ2v) is 4.48. The maximum Gasteiger partial charge on any atom is 0.334 e. The first-order valence-corrected chi connectivity index (χ1v) is 6.14. The van der Waals surface area contributed by atoms with Crippen molar-refractivity contribution < 1.29 is 39.2 Å². The smallest absolute Gasteiger partial charge is 0.334 e. The van der Waals surface area contributed by atoms with Crippen LogP contribution in [0.5, 0.6) is 0 Å². The van der Waals surface area contributed by atoms with Gasteiger partial charge in [-0.1, -0.05) is 26.5 Å². The number of aliphatic carboxylic acids is 3. The molecule has 0 saturated carbocycles. The van der Waals surface area contributed by atoms with Crippen LogP contribution in [0.4, 0.5) is 0 Å². The van der Waals surface area contributed by atoms with Crippen LogP contribution in [0.3, 0.4) is 0 Å². The fourth-order valence-corrected chi connectivity index (χ4v) is 1.15. The molecule has 0 radical (unpaired) electrons. The molecule has 0 bridgehead atoms. The van der Waals surface area contributed by atoms with Crippen LogP contribution in [0.1, 0.15) is 26.7 Å². The Kier molecular flexibility index (Phi) is 10.9. The van der Waals surface area contributed by atoms with Crippen LogP contribution in [0, 0.1) is 5.92 Å². The summed E-state index contributed by atoms with van der Waals surface area (Å²) in [7, 11) is 1.23. The van der Waals surface area contributed by atoms with E-state index in [4.69, 9.17) is 15.3 Å². The van der Waals surface area contributed by atoms with Crippen molar-refractivity contribution in [3.8, 4) is 0 Å². The zero-order valence-corrected chi connectivity index (χ0v) is 12.7. The van der Waals surface area contributed by atoms with E-state index in [0.29, 0.717) is 0 Å². The van der Waals surface area contributed by atoms with Crippen molar-refractivity contribution in [1.29, 1.82) is 0 Å². The van der Waals surface area contributed by atoms with E-state index >= 15 is 0 Å². The number of hydrogen-bond donors (Lipinski definition) is 3. The molecule has 8 nitrogen and oxygen atoms in total. The molecule has 0 saturated heterocycles. The molecular formula is C14H20O8. The van der Waals surface area contributed by atoms with Crippen molar-refractivity contribution in [3.05, 3.63) is 23.8 Å². The number of methoxy groups -OCH3 is 1. The van der Waals surface area contributed by atoms with Crippen molar-refractivity contribution in [3.63, 3.8) is 0 Å². The molecule has 0 fully saturated rings. The molecule has 22 heavy (non-hydrogen) atoms. The summed E-state index contributed by atoms with van der Waals surface area (Å²) in [4.78, 5) is 41.1. The van der Waals surface area contributed by atoms with Gasteiger partial charge in [-0.3, -0.25) is 9.59 Å². The van der Waals surface area contributed by atoms with Gasteiger partial charge >= 0.3 is 23.9 Å². The molecule has 0 amide bonds. The summed E-state index contributed by atoms with van der Waals surface area (Å²) in [6.45, 7) is 6.75. The van der Waals surface area contributed by atoms with Gasteiger partial charge in [0.1, 0.15) is 0 Å². The van der Waals surface area contributed by atoms with Crippen molar-refractivity contribution >= 4 is 23.9 Å². The molecule has 0 spiro atoms. The van der Waals surface area contributed by atoms with Gasteiger partial charge in [0.2, 0.25) is 0 Å². The van der Waals surface area contributed by atoms with Gasteiger partial charge in [-0.2, -0.15) is 0 Å². The molecule has 3 N–H and O–H groups in total. The molecule has 0 rings (SSSR count). The van der Waals surface area contributed by atoms with Gasteiger partial charge in [-0.15, -0.1) is 0 Å². The zero-order chi connectivity index (χ0) is 17.9. The quantitative estimate of drug-likeness (QED) is 0.472. The van der Waals surface area contributed by atoms with E-state index in [1.165, 1.54) is 7.11 Å². The third-order valence-electron chi connectivity index (χ3n) is 1.99. The van der Waals surface area contributed by atoms with Crippen molar-refractivity contribution in [2.24, 2.45) is 5.92 Å². The highest BCUT2D eigenvalue weighted by Crippen LogP contribution is 2.08. The van der Waals surface area contributed by atoms with Gasteiger partial charge in [-0.25, -0.2) is 9.59 Å². The highest BCUT2D eigenvalue weighted by atomic mass is 16.5. The third-order valence-corrected chi connectivity index (χ3v) is 1.99. The van der Waals surface area contributed by atoms with E-state index in [2.05, 4.69) is 11.3 Å². The molecule has 0 aromatic rings. The fourth-order valence-electron chi connectivity index (χ4n) is 1.15. The number of carbonyl (C=O) groups excluding carboxylic acids is 1. The fraction of sp³-hybridized carbons (Fsp3) is 0.429. The Bertz CT molecular complexity index is 473. The highest BCUT2D eigenvalue weighted by molar-refractivity contribution is 5.93. The predicted octanol–water partition coefficient (Wildman–Crippen LogP) is 1.32. The Morgan fingerprint density at radius 1 is 1.05 bits per heavy atom. The average Bonchev–Trinajstić information content (AvgIpc) is 2.35. The first-order valence-electron chi connectivity index (χ1n) is 6.14. The summed E-state index contributed by atoms with van der Waals surface area (Å²) in [5, 5.41) is 24.6. The van der Waals surface area contributed by atoms with E-state index in [1.807, 2.05) is 13.8 Å². The lowest BCUT2D eigenvalue weighted by molar-refractivity contribution is -0.141. The molecule has 0 aliphatic carbocycles. The molecule has 8 heteroatoms. The summed E-state index contributed by atoms with van der Waals surface area (Å²) in [6, 6.07) is 0. The van der Waals surface area contributed by atoms with Crippen molar-refractivity contribution in [2.45, 2.75) is 26.7 Å². The Labute approximate surface area is 127 Å². The molecule has 0 aliphatic rings. The average molecular weight is 316 g/mol. The van der Waals surface area contributed by atoms with E-state index < -0.39 is 30.3 Å². The van der Waals surface area contributed by atoms with E-state index in [0.717, 1.165) is 0 Å². The number of carboxylic acids is 3. The maximum absolute atomic E-state index is 11.0. The predicted molar refractivity (Wildman–Crippen MR) is 76.2 cm³/mol. The Morgan fingerprint density at radius 2 is 1.50 bits per heavy atom. The molecule has 0 heterocycles. The second-order valence-electron chi connectivity index (χ2n) is 4.48. The lowest BCUT2D eigenvalue weighted by atomic mass is 10.1. The number of hydrogen-bond acceptors (Lipinski definition) is 5. The lowest BCUT2D eigenvalue weighted by Crippen LogP contribution is -2.10. The van der Waals surface area contributed by atoms with Gasteiger partial charge < -0.3 is 20.1 Å². The SMILES string of the molecule is C=C(CC(=O)O)C(=O)O.COC(=O)C(=CC(C)C)CC(=O)O.